The number of hydrogen-bond acceptors (Lipinski definition) is 4. The lowest BCUT2D eigenvalue weighted by Crippen LogP contribution is -2.33. The number of ether oxygens (including phenoxy) is 2. The first-order valence-electron chi connectivity index (χ1n) is 4.38. The highest BCUT2D eigenvalue weighted by atomic mass is 31.2. The number of rotatable bonds is 4. The normalized spacial score (nSPS) is 40.3. The molecule has 1 saturated heterocycles. The summed E-state index contributed by atoms with van der Waals surface area (Å²) >= 11 is 0. The minimum atomic E-state index is -3.77. The molecule has 8 heteroatoms. The van der Waals surface area contributed by atoms with E-state index in [1.807, 2.05) is 0 Å². The maximum atomic E-state index is 13.4. The molecule has 1 aliphatic rings. The van der Waals surface area contributed by atoms with E-state index in [1.165, 1.54) is 7.11 Å². The molecule has 0 aromatic carbocycles. The lowest BCUT2D eigenvalue weighted by atomic mass is 9.94. The third-order valence-corrected chi connectivity index (χ3v) is 2.61. The molecule has 5 nitrogen and oxygen atoms in total. The molecule has 86 valence electrons. The number of hydrogen-bond donors (Lipinski definition) is 1. The molecule has 0 aromatic rings. The highest BCUT2D eigenvalue weighted by Crippen LogP contribution is 2.42. The summed E-state index contributed by atoms with van der Waals surface area (Å²) in [5.74, 6) is 0. The molecule has 15 heavy (non-hydrogen) atoms. The van der Waals surface area contributed by atoms with Gasteiger partial charge in [0.15, 0.2) is 0 Å². The van der Waals surface area contributed by atoms with Crippen molar-refractivity contribution in [2.45, 2.75) is 24.4 Å². The zero-order valence-corrected chi connectivity index (χ0v) is 9.39. The van der Waals surface area contributed by atoms with E-state index in [9.17, 15) is 8.96 Å². The van der Waals surface area contributed by atoms with Gasteiger partial charge in [-0.15, -0.1) is 0 Å². The molecule has 0 aromatic heterocycles. The first-order chi connectivity index (χ1) is 6.85. The summed E-state index contributed by atoms with van der Waals surface area (Å²) < 4.78 is 38.9. The van der Waals surface area contributed by atoms with Crippen LogP contribution >= 0.6 is 7.60 Å². The summed E-state index contributed by atoms with van der Waals surface area (Å²) in [7, 11) is 2.94. The Morgan fingerprint density at radius 1 is 1.67 bits per heavy atom. The average Bonchev–Trinajstić information content (AvgIpc) is 2.32. The monoisotopic (exact) mass is 238 g/mol. The van der Waals surface area contributed by atoms with Gasteiger partial charge in [-0.25, -0.2) is 4.39 Å². The van der Waals surface area contributed by atoms with E-state index in [-0.39, 0.29) is 6.61 Å². The van der Waals surface area contributed by atoms with Crippen LogP contribution < -0.4 is 0 Å². The summed E-state index contributed by atoms with van der Waals surface area (Å²) in [5.41, 5.74) is 0. The van der Waals surface area contributed by atoms with Gasteiger partial charge < -0.3 is 14.4 Å². The van der Waals surface area contributed by atoms with Crippen LogP contribution in [0.5, 0.6) is 0 Å². The Labute approximate surface area is 88.8 Å². The van der Waals surface area contributed by atoms with Gasteiger partial charge in [0.25, 0.3) is 0 Å². The summed E-state index contributed by atoms with van der Waals surface area (Å²) in [6.07, 6.45) is -3.56. The van der Waals surface area contributed by atoms with E-state index in [1.54, 1.807) is 0 Å². The number of methoxy groups -OCH3 is 1. The fourth-order valence-electron chi connectivity index (χ4n) is 1.40. The summed E-state index contributed by atoms with van der Waals surface area (Å²) in [5, 5.41) is 0. The molecule has 1 fully saturated rings. The standard InChI is InChI=1S/C7H13BFO5P/c1-12-3-4-6(14-15(2,10)11)5(9)7(8)13-4/h4-7H,3H2,1-2H3,(H,10,11)/t4-,5?,6+,7-/m1/s1. The molecule has 0 spiro atoms. The Kier molecular flexibility index (Phi) is 4.32. The van der Waals surface area contributed by atoms with E-state index in [2.05, 4.69) is 0 Å². The van der Waals surface area contributed by atoms with Gasteiger partial charge in [-0.1, -0.05) is 0 Å². The van der Waals surface area contributed by atoms with E-state index < -0.39 is 32.0 Å². The maximum Gasteiger partial charge on any atom is 0.325 e. The molecular weight excluding hydrogens is 225 g/mol. The Bertz CT molecular complexity index is 260. The summed E-state index contributed by atoms with van der Waals surface area (Å²) in [6, 6.07) is -1.15. The second-order valence-electron chi connectivity index (χ2n) is 3.41. The zero-order valence-electron chi connectivity index (χ0n) is 8.50. The fraction of sp³-hybridized carbons (Fsp3) is 1.00. The molecule has 0 aliphatic carbocycles. The summed E-state index contributed by atoms with van der Waals surface area (Å²) in [4.78, 5) is 9.00. The first-order valence-corrected chi connectivity index (χ1v) is 6.40. The first kappa shape index (κ1) is 13.1. The van der Waals surface area contributed by atoms with Crippen molar-refractivity contribution in [3.63, 3.8) is 0 Å². The third-order valence-electron chi connectivity index (χ3n) is 1.97. The van der Waals surface area contributed by atoms with Crippen molar-refractivity contribution >= 4 is 15.4 Å². The van der Waals surface area contributed by atoms with Crippen LogP contribution in [0.25, 0.3) is 0 Å². The van der Waals surface area contributed by atoms with Gasteiger partial charge in [-0.05, 0) is 0 Å². The van der Waals surface area contributed by atoms with Crippen molar-refractivity contribution in [1.29, 1.82) is 0 Å². The Hall–Kier alpha value is 0.0649. The quantitative estimate of drug-likeness (QED) is 0.554. The fourth-order valence-corrected chi connectivity index (χ4v) is 2.10. The Balaban J connectivity index is 2.68. The smallest absolute Gasteiger partial charge is 0.325 e. The molecule has 1 rings (SSSR count). The highest BCUT2D eigenvalue weighted by molar-refractivity contribution is 7.51. The largest absolute Gasteiger partial charge is 0.382 e. The van der Waals surface area contributed by atoms with Crippen LogP contribution in [-0.4, -0.2) is 57.5 Å². The molecule has 1 N–H and O–H groups in total. The molecular formula is C7H13BFO5P. The van der Waals surface area contributed by atoms with Crippen LogP contribution in [0.1, 0.15) is 0 Å². The Morgan fingerprint density at radius 2 is 2.27 bits per heavy atom. The van der Waals surface area contributed by atoms with Crippen molar-refractivity contribution in [3.05, 3.63) is 0 Å². The average molecular weight is 238 g/mol. The van der Waals surface area contributed by atoms with Gasteiger partial charge in [0, 0.05) is 13.8 Å². The molecule has 0 amide bonds. The minimum absolute atomic E-state index is 0.0544. The number of alkyl halides is 1. The maximum absolute atomic E-state index is 13.4. The predicted octanol–water partition coefficient (Wildman–Crippen LogP) is 0.0647. The van der Waals surface area contributed by atoms with Crippen LogP contribution in [0, 0.1) is 0 Å². The van der Waals surface area contributed by atoms with Gasteiger partial charge in [0.05, 0.1) is 12.6 Å². The van der Waals surface area contributed by atoms with Crippen molar-refractivity contribution in [1.82, 2.24) is 0 Å². The zero-order chi connectivity index (χ0) is 11.6. The van der Waals surface area contributed by atoms with Crippen molar-refractivity contribution in [3.8, 4) is 0 Å². The van der Waals surface area contributed by atoms with Crippen LogP contribution in [0.2, 0.25) is 0 Å². The lowest BCUT2D eigenvalue weighted by molar-refractivity contribution is -0.0131. The van der Waals surface area contributed by atoms with Crippen molar-refractivity contribution in [2.75, 3.05) is 20.4 Å². The number of halogens is 1. The molecule has 1 aliphatic heterocycles. The van der Waals surface area contributed by atoms with Gasteiger partial charge in [0.2, 0.25) is 0 Å². The van der Waals surface area contributed by atoms with Gasteiger partial charge >= 0.3 is 7.60 Å². The predicted molar refractivity (Wildman–Crippen MR) is 51.8 cm³/mol. The topological polar surface area (TPSA) is 65.0 Å². The molecule has 1 heterocycles. The Morgan fingerprint density at radius 3 is 2.73 bits per heavy atom. The molecule has 2 radical (unpaired) electrons. The van der Waals surface area contributed by atoms with Crippen molar-refractivity contribution < 1.29 is 27.8 Å². The summed E-state index contributed by atoms with van der Waals surface area (Å²) in [6.45, 7) is 1.03. The van der Waals surface area contributed by atoms with Crippen LogP contribution in [0.15, 0.2) is 0 Å². The molecule has 0 bridgehead atoms. The van der Waals surface area contributed by atoms with Crippen LogP contribution in [0.3, 0.4) is 0 Å². The minimum Gasteiger partial charge on any atom is -0.382 e. The van der Waals surface area contributed by atoms with Gasteiger partial charge in [-0.2, -0.15) is 0 Å². The molecule has 2 unspecified atom stereocenters. The van der Waals surface area contributed by atoms with E-state index in [0.717, 1.165) is 6.66 Å². The second-order valence-corrected chi connectivity index (χ2v) is 5.23. The second kappa shape index (κ2) is 4.93. The third kappa shape index (κ3) is 3.54. The SMILES string of the molecule is [B][C@@H]1O[C@H](COC)[C@H](OP(C)(=O)O)C1F. The van der Waals surface area contributed by atoms with Crippen molar-refractivity contribution in [2.24, 2.45) is 0 Å². The lowest BCUT2D eigenvalue weighted by Gasteiger charge is -2.20. The van der Waals surface area contributed by atoms with Crippen LogP contribution in [0.4, 0.5) is 4.39 Å². The molecule has 0 saturated carbocycles. The van der Waals surface area contributed by atoms with E-state index in [0.29, 0.717) is 0 Å². The van der Waals surface area contributed by atoms with E-state index in [4.69, 9.17) is 26.7 Å². The van der Waals surface area contributed by atoms with Gasteiger partial charge in [-0.3, -0.25) is 9.09 Å². The van der Waals surface area contributed by atoms with Gasteiger partial charge in [0.1, 0.15) is 26.2 Å². The van der Waals surface area contributed by atoms with E-state index >= 15 is 0 Å². The van der Waals surface area contributed by atoms with Crippen LogP contribution in [-0.2, 0) is 18.6 Å². The molecule has 5 atom stereocenters. The highest BCUT2D eigenvalue weighted by Gasteiger charge is 2.45.